The topological polar surface area (TPSA) is 195 Å². The number of methoxy groups -OCH3 is 2. The predicted molar refractivity (Wildman–Crippen MR) is 228 cm³/mol. The maximum Gasteiger partial charge on any atom is 0.407 e. The number of amides is 4. The lowest BCUT2D eigenvalue weighted by Gasteiger charge is -2.36. The van der Waals surface area contributed by atoms with E-state index in [1.165, 1.54) is 21.3 Å². The number of alkyl carbamates (subject to hydrolysis) is 1. The van der Waals surface area contributed by atoms with E-state index in [4.69, 9.17) is 24.2 Å². The Morgan fingerprint density at radius 2 is 1.75 bits per heavy atom. The molecule has 2 fully saturated rings. The number of benzene rings is 3. The quantitative estimate of drug-likeness (QED) is 0.114. The number of carbonyl (C=O) groups is 4. The minimum Gasteiger partial charge on any atom is -0.488 e. The van der Waals surface area contributed by atoms with Crippen LogP contribution in [0.4, 0.5) is 9.59 Å². The zero-order chi connectivity index (χ0) is 43.4. The number of ether oxygens (including phenoxy) is 3. The Hall–Kier alpha value is -6.16. The molecule has 5 heterocycles. The number of aromatic amines is 2. The maximum atomic E-state index is 14.0. The third-order valence-corrected chi connectivity index (χ3v) is 12.8. The Labute approximate surface area is 353 Å². The second-order valence-corrected chi connectivity index (χ2v) is 17.2. The third-order valence-electron chi connectivity index (χ3n) is 12.8. The molecular weight excluding hydrogens is 781 g/mol. The summed E-state index contributed by atoms with van der Waals surface area (Å²) in [6.07, 6.45) is 1.58. The summed E-state index contributed by atoms with van der Waals surface area (Å²) in [5, 5.41) is 14.3. The second-order valence-electron chi connectivity index (χ2n) is 17.2. The summed E-state index contributed by atoms with van der Waals surface area (Å²) >= 11 is 0. The van der Waals surface area contributed by atoms with Crippen LogP contribution in [0.15, 0.2) is 48.7 Å². The summed E-state index contributed by atoms with van der Waals surface area (Å²) < 4.78 is 16.7. The van der Waals surface area contributed by atoms with E-state index in [2.05, 4.69) is 58.6 Å². The largest absolute Gasteiger partial charge is 0.488 e. The molecule has 0 aliphatic carbocycles. The van der Waals surface area contributed by atoms with Crippen LogP contribution in [0.25, 0.3) is 44.2 Å². The van der Waals surface area contributed by atoms with Crippen LogP contribution in [0.5, 0.6) is 5.75 Å². The fourth-order valence-corrected chi connectivity index (χ4v) is 9.51. The van der Waals surface area contributed by atoms with Crippen molar-refractivity contribution < 1.29 is 38.5 Å². The number of H-pyrrole nitrogens is 2. The van der Waals surface area contributed by atoms with Crippen molar-refractivity contribution in [3.05, 3.63) is 65.9 Å². The van der Waals surface area contributed by atoms with Gasteiger partial charge in [-0.05, 0) is 91.3 Å². The van der Waals surface area contributed by atoms with Gasteiger partial charge < -0.3 is 44.4 Å². The monoisotopic (exact) mass is 834 g/mol. The van der Waals surface area contributed by atoms with E-state index in [0.29, 0.717) is 31.2 Å². The highest BCUT2D eigenvalue weighted by Gasteiger charge is 2.43. The van der Waals surface area contributed by atoms with Gasteiger partial charge in [-0.3, -0.25) is 14.5 Å². The molecule has 0 bridgehead atoms. The lowest BCUT2D eigenvalue weighted by Crippen LogP contribution is -2.54. The van der Waals surface area contributed by atoms with Crippen LogP contribution in [-0.4, -0.2) is 116 Å². The van der Waals surface area contributed by atoms with Crippen molar-refractivity contribution in [2.75, 3.05) is 27.8 Å². The lowest BCUT2D eigenvalue weighted by atomic mass is 9.92. The first kappa shape index (κ1) is 41.6. The van der Waals surface area contributed by atoms with E-state index in [-0.39, 0.29) is 41.8 Å². The minimum atomic E-state index is -1.13. The average molecular weight is 835 g/mol. The molecule has 322 valence electrons. The predicted octanol–water partition coefficient (Wildman–Crippen LogP) is 7.02. The van der Waals surface area contributed by atoms with Crippen LogP contribution in [-0.2, 0) is 25.7 Å². The summed E-state index contributed by atoms with van der Waals surface area (Å²) in [5.74, 6) is 1.64. The molecule has 3 aromatic carbocycles. The Morgan fingerprint density at radius 1 is 0.967 bits per heavy atom. The van der Waals surface area contributed by atoms with E-state index in [1.54, 1.807) is 18.0 Å². The number of nitrogens with zero attached hydrogens (tertiary/aromatic N) is 5. The number of carbonyl (C=O) groups excluding carboxylic acids is 3. The molecule has 5 aromatic rings. The lowest BCUT2D eigenvalue weighted by molar-refractivity contribution is -0.140. The van der Waals surface area contributed by atoms with Gasteiger partial charge in [-0.15, -0.1) is 0 Å². The van der Waals surface area contributed by atoms with Crippen LogP contribution in [0.2, 0.25) is 0 Å². The van der Waals surface area contributed by atoms with Gasteiger partial charge >= 0.3 is 12.2 Å². The number of imidazole rings is 2. The molecule has 16 nitrogen and oxygen atoms in total. The van der Waals surface area contributed by atoms with Crippen LogP contribution in [0.3, 0.4) is 0 Å². The van der Waals surface area contributed by atoms with E-state index in [1.807, 2.05) is 31.7 Å². The molecule has 3 aliphatic rings. The molecule has 2 saturated heterocycles. The van der Waals surface area contributed by atoms with Crippen molar-refractivity contribution in [1.29, 1.82) is 0 Å². The van der Waals surface area contributed by atoms with Crippen molar-refractivity contribution in [3.63, 3.8) is 0 Å². The number of likely N-dealkylation sites (N-methyl/N-ethyl adjacent to an activating group) is 1. The molecule has 8 rings (SSSR count). The summed E-state index contributed by atoms with van der Waals surface area (Å²) in [6, 6.07) is 12.1. The summed E-state index contributed by atoms with van der Waals surface area (Å²) in [6.45, 7) is 10.4. The fourth-order valence-electron chi connectivity index (χ4n) is 9.51. The zero-order valence-corrected chi connectivity index (χ0v) is 35.8. The first-order valence-corrected chi connectivity index (χ1v) is 20.9. The van der Waals surface area contributed by atoms with Crippen LogP contribution >= 0.6 is 0 Å². The molecule has 3 aliphatic heterocycles. The maximum absolute atomic E-state index is 14.0. The average Bonchev–Trinajstić information content (AvgIpc) is 4.06. The number of fused-ring (bicyclic) bond motifs is 6. The Balaban J connectivity index is 1.05. The molecule has 4 N–H and O–H groups in total. The Kier molecular flexibility index (Phi) is 11.2. The van der Waals surface area contributed by atoms with E-state index in [9.17, 15) is 24.3 Å². The van der Waals surface area contributed by atoms with E-state index >= 15 is 0 Å². The number of nitrogens with one attached hydrogen (secondary N) is 3. The van der Waals surface area contributed by atoms with Crippen LogP contribution in [0.1, 0.15) is 83.2 Å². The number of hydrogen-bond acceptors (Lipinski definition) is 9. The molecule has 61 heavy (non-hydrogen) atoms. The Morgan fingerprint density at radius 3 is 2.48 bits per heavy atom. The zero-order valence-electron chi connectivity index (χ0n) is 35.8. The smallest absolute Gasteiger partial charge is 0.407 e. The minimum absolute atomic E-state index is 0.0587. The van der Waals surface area contributed by atoms with Gasteiger partial charge in [-0.1, -0.05) is 39.0 Å². The summed E-state index contributed by atoms with van der Waals surface area (Å²) in [4.78, 5) is 73.4. The first-order valence-electron chi connectivity index (χ1n) is 20.9. The molecule has 0 saturated carbocycles. The SMILES string of the molecule is COC(=O)N[C@H](C(=O)N1C[C@@H](C)C[C@H]1c1nc2ccc3cc4c(cc3c2[nH]1)OCc1cc(-c2cnc([C@@H]3CC[C@H](C)N3C(=O)[C@H](C(C)C)N(C)C(=O)O)[nH]2)ccc1-4)[C@@H](C)OC. The van der Waals surface area contributed by atoms with Gasteiger partial charge in [-0.25, -0.2) is 19.6 Å². The molecule has 4 amide bonds. The van der Waals surface area contributed by atoms with Crippen molar-refractivity contribution in [2.24, 2.45) is 11.8 Å². The third kappa shape index (κ3) is 7.51. The molecular formula is C45H54N8O8. The number of aromatic nitrogens is 4. The van der Waals surface area contributed by atoms with E-state index in [0.717, 1.165) is 73.2 Å². The summed E-state index contributed by atoms with van der Waals surface area (Å²) in [7, 11) is 4.21. The highest BCUT2D eigenvalue weighted by molar-refractivity contribution is 6.07. The van der Waals surface area contributed by atoms with Crippen LogP contribution < -0.4 is 10.1 Å². The van der Waals surface area contributed by atoms with Gasteiger partial charge in [-0.2, -0.15) is 0 Å². The molecule has 2 aromatic heterocycles. The van der Waals surface area contributed by atoms with Crippen molar-refractivity contribution >= 4 is 45.8 Å². The van der Waals surface area contributed by atoms with Gasteiger partial charge in [0.25, 0.3) is 0 Å². The van der Waals surface area contributed by atoms with Gasteiger partial charge in [0.2, 0.25) is 11.8 Å². The standard InChI is InChI=1S/C45H54N8O8/c1-22(2)39(51(6)45(57)58)43(55)53-24(4)9-14-34(53)40-46-19-33(48-40)27-10-12-29-28(16-27)21-61-36-18-30-26(17-31(29)36)11-13-32-38(30)49-41(47-32)35-15-23(3)20-52(35)42(54)37(25(5)59-7)50-44(56)60-8/h10-13,16-19,22-25,34-35,37,39H,9,14-15,20-21H2,1-8H3,(H,46,48)(H,47,49)(H,50,56)(H,57,58)/t23-,24-,25+,34-,35-,37-,39-/m0/s1. The van der Waals surface area contributed by atoms with Gasteiger partial charge in [0.05, 0.1) is 48.2 Å². The van der Waals surface area contributed by atoms with Crippen LogP contribution in [0, 0.1) is 11.8 Å². The van der Waals surface area contributed by atoms with Gasteiger partial charge in [0, 0.05) is 37.7 Å². The number of carboxylic acid groups (broad SMARTS) is 1. The van der Waals surface area contributed by atoms with Gasteiger partial charge in [0.15, 0.2) is 0 Å². The molecule has 0 spiro atoms. The Bertz CT molecular complexity index is 2510. The normalized spacial score (nSPS) is 21.2. The fraction of sp³-hybridized carbons (Fsp3) is 0.467. The number of rotatable bonds is 10. The molecule has 0 radical (unpaired) electrons. The summed E-state index contributed by atoms with van der Waals surface area (Å²) in [5.41, 5.74) is 6.44. The highest BCUT2D eigenvalue weighted by atomic mass is 16.5. The number of likely N-dealkylation sites (tertiary alicyclic amines) is 2. The van der Waals surface area contributed by atoms with Crippen molar-refractivity contribution in [1.82, 2.24) is 40.0 Å². The van der Waals surface area contributed by atoms with E-state index < -0.39 is 30.4 Å². The van der Waals surface area contributed by atoms with Crippen molar-refractivity contribution in [2.45, 2.75) is 96.8 Å². The van der Waals surface area contributed by atoms with Gasteiger partial charge in [0.1, 0.15) is 36.1 Å². The molecule has 7 atom stereocenters. The highest BCUT2D eigenvalue weighted by Crippen LogP contribution is 2.44. The molecule has 16 heteroatoms. The second kappa shape index (κ2) is 16.4. The first-order chi connectivity index (χ1) is 29.2. The van der Waals surface area contributed by atoms with Crippen molar-refractivity contribution in [3.8, 4) is 28.1 Å². The number of hydrogen-bond donors (Lipinski definition) is 4. The molecule has 0 unspecified atom stereocenters.